The number of aliphatic hydroxyl groups excluding tert-OH is 1. The molecule has 0 fully saturated rings. The molecule has 1 atom stereocenters. The van der Waals surface area contributed by atoms with Crippen LogP contribution in [0.25, 0.3) is 0 Å². The number of aromatic nitrogens is 2. The molecule has 9 heteroatoms. The quantitative estimate of drug-likeness (QED) is 0.658. The van der Waals surface area contributed by atoms with Crippen LogP contribution in [0.4, 0.5) is 8.78 Å². The Morgan fingerprint density at radius 1 is 1.26 bits per heavy atom. The van der Waals surface area contributed by atoms with Gasteiger partial charge >= 0.3 is 0 Å². The van der Waals surface area contributed by atoms with Gasteiger partial charge in [0.05, 0.1) is 12.6 Å². The van der Waals surface area contributed by atoms with Crippen LogP contribution in [-0.4, -0.2) is 27.8 Å². The largest absolute Gasteiger partial charge is 0.485 e. The molecule has 0 aliphatic carbocycles. The van der Waals surface area contributed by atoms with E-state index in [4.69, 9.17) is 9.26 Å². The second-order valence-electron chi connectivity index (χ2n) is 5.54. The molecule has 3 aromatic rings. The molecule has 0 unspecified atom stereocenters. The van der Waals surface area contributed by atoms with Crippen LogP contribution in [-0.2, 0) is 6.61 Å². The third-order valence-electron chi connectivity index (χ3n) is 3.64. The van der Waals surface area contributed by atoms with Gasteiger partial charge in [-0.3, -0.25) is 9.78 Å². The first kappa shape index (κ1) is 18.5. The number of nitrogens with one attached hydrogen (secondary N) is 1. The summed E-state index contributed by atoms with van der Waals surface area (Å²) in [6.07, 6.45) is 3.11. The molecule has 1 aromatic carbocycles. The summed E-state index contributed by atoms with van der Waals surface area (Å²) >= 11 is 0. The predicted octanol–water partition coefficient (Wildman–Crippen LogP) is 2.39. The summed E-state index contributed by atoms with van der Waals surface area (Å²) in [5.74, 6) is -2.25. The van der Waals surface area contributed by atoms with E-state index < -0.39 is 23.6 Å². The number of pyridine rings is 1. The van der Waals surface area contributed by atoms with Gasteiger partial charge in [-0.15, -0.1) is 0 Å². The highest BCUT2D eigenvalue weighted by molar-refractivity contribution is 5.92. The van der Waals surface area contributed by atoms with E-state index in [9.17, 15) is 18.7 Å². The average molecular weight is 375 g/mol. The minimum absolute atomic E-state index is 0.0128. The maximum absolute atomic E-state index is 13.1. The molecule has 2 heterocycles. The molecule has 0 spiro atoms. The smallest absolute Gasteiger partial charge is 0.274 e. The third kappa shape index (κ3) is 4.64. The van der Waals surface area contributed by atoms with Gasteiger partial charge in [0.15, 0.2) is 23.1 Å². The van der Waals surface area contributed by atoms with Crippen molar-refractivity contribution in [1.82, 2.24) is 15.5 Å². The maximum atomic E-state index is 13.1. The van der Waals surface area contributed by atoms with Crippen molar-refractivity contribution < 1.29 is 27.9 Å². The van der Waals surface area contributed by atoms with Crippen LogP contribution < -0.4 is 10.1 Å². The van der Waals surface area contributed by atoms with Crippen molar-refractivity contribution in [3.8, 4) is 5.75 Å². The van der Waals surface area contributed by atoms with Crippen molar-refractivity contribution in [2.45, 2.75) is 12.6 Å². The van der Waals surface area contributed by atoms with Crippen LogP contribution in [0.1, 0.15) is 27.9 Å². The second kappa shape index (κ2) is 8.37. The molecule has 0 saturated carbocycles. The zero-order chi connectivity index (χ0) is 19.2. The molecule has 0 bridgehead atoms. The lowest BCUT2D eigenvalue weighted by molar-refractivity contribution is 0.0906. The van der Waals surface area contributed by atoms with Gasteiger partial charge in [0, 0.05) is 24.5 Å². The fourth-order valence-corrected chi connectivity index (χ4v) is 2.26. The monoisotopic (exact) mass is 375 g/mol. The Bertz CT molecular complexity index is 918. The molecule has 7 nitrogen and oxygen atoms in total. The Labute approximate surface area is 152 Å². The summed E-state index contributed by atoms with van der Waals surface area (Å²) < 4.78 is 36.3. The molecule has 2 aromatic heterocycles. The first-order valence-corrected chi connectivity index (χ1v) is 7.92. The number of ether oxygens (including phenoxy) is 1. The summed E-state index contributed by atoms with van der Waals surface area (Å²) in [6.45, 7) is -0.446. The lowest BCUT2D eigenvalue weighted by Crippen LogP contribution is -2.31. The third-order valence-corrected chi connectivity index (χ3v) is 3.64. The molecule has 0 saturated heterocycles. The number of amides is 1. The molecule has 0 radical (unpaired) electrons. The van der Waals surface area contributed by atoms with Crippen molar-refractivity contribution in [1.29, 1.82) is 0 Å². The minimum Gasteiger partial charge on any atom is -0.485 e. The Hall–Kier alpha value is -3.33. The van der Waals surface area contributed by atoms with Crippen LogP contribution in [0.15, 0.2) is 53.3 Å². The topological polar surface area (TPSA) is 97.5 Å². The fraction of sp³-hybridized carbons (Fsp3) is 0.167. The van der Waals surface area contributed by atoms with Gasteiger partial charge in [-0.05, 0) is 23.8 Å². The molecule has 3 rings (SSSR count). The number of benzene rings is 1. The normalized spacial score (nSPS) is 11.8. The van der Waals surface area contributed by atoms with E-state index in [0.29, 0.717) is 5.56 Å². The van der Waals surface area contributed by atoms with Crippen LogP contribution in [0.3, 0.4) is 0 Å². The number of carbonyl (C=O) groups excluding carboxylic acids is 1. The zero-order valence-corrected chi connectivity index (χ0v) is 13.9. The number of carbonyl (C=O) groups is 1. The summed E-state index contributed by atoms with van der Waals surface area (Å²) in [6, 6.07) is 7.22. The number of nitrogens with zero attached hydrogens (tertiary/aromatic N) is 2. The zero-order valence-electron chi connectivity index (χ0n) is 13.9. The Kier molecular flexibility index (Phi) is 5.72. The molecule has 2 N–H and O–H groups in total. The van der Waals surface area contributed by atoms with Crippen molar-refractivity contribution >= 4 is 5.91 Å². The second-order valence-corrected chi connectivity index (χ2v) is 5.54. The van der Waals surface area contributed by atoms with Gasteiger partial charge in [-0.25, -0.2) is 8.78 Å². The fourth-order valence-electron chi connectivity index (χ4n) is 2.26. The van der Waals surface area contributed by atoms with E-state index in [1.165, 1.54) is 18.3 Å². The molecular formula is C18H15F2N3O4. The van der Waals surface area contributed by atoms with Gasteiger partial charge in [0.25, 0.3) is 5.91 Å². The Morgan fingerprint density at radius 3 is 2.81 bits per heavy atom. The van der Waals surface area contributed by atoms with E-state index in [0.717, 1.165) is 12.1 Å². The molecule has 1 amide bonds. The molecule has 0 aliphatic rings. The number of aliphatic hydroxyl groups is 1. The van der Waals surface area contributed by atoms with Crippen LogP contribution in [0, 0.1) is 11.6 Å². The highest BCUT2D eigenvalue weighted by Gasteiger charge is 2.18. The van der Waals surface area contributed by atoms with E-state index in [1.807, 2.05) is 0 Å². The van der Waals surface area contributed by atoms with Gasteiger partial charge in [-0.1, -0.05) is 11.2 Å². The standard InChI is InChI=1S/C18H15F2N3O4/c19-14-4-3-12(6-15(14)20)26-10-13-7-16(23-27-13)18(25)22-17(9-24)11-2-1-5-21-8-11/h1-8,17,24H,9-10H2,(H,22,25)/t17-/m1/s1. The van der Waals surface area contributed by atoms with Crippen molar-refractivity contribution in [2.24, 2.45) is 0 Å². The number of hydrogen-bond acceptors (Lipinski definition) is 6. The Balaban J connectivity index is 1.60. The summed E-state index contributed by atoms with van der Waals surface area (Å²) in [5, 5.41) is 15.7. The summed E-state index contributed by atoms with van der Waals surface area (Å²) in [7, 11) is 0. The van der Waals surface area contributed by atoms with E-state index >= 15 is 0 Å². The highest BCUT2D eigenvalue weighted by atomic mass is 19.2. The van der Waals surface area contributed by atoms with Crippen molar-refractivity contribution in [3.05, 3.63) is 77.4 Å². The lowest BCUT2D eigenvalue weighted by atomic mass is 10.1. The van der Waals surface area contributed by atoms with E-state index in [1.54, 1.807) is 18.3 Å². The highest BCUT2D eigenvalue weighted by Crippen LogP contribution is 2.17. The maximum Gasteiger partial charge on any atom is 0.274 e. The van der Waals surface area contributed by atoms with E-state index in [2.05, 4.69) is 15.5 Å². The van der Waals surface area contributed by atoms with Gasteiger partial charge in [-0.2, -0.15) is 0 Å². The van der Waals surface area contributed by atoms with Gasteiger partial charge in [0.2, 0.25) is 0 Å². The molecule has 0 aliphatic heterocycles. The van der Waals surface area contributed by atoms with Gasteiger partial charge in [0.1, 0.15) is 12.4 Å². The summed E-state index contributed by atoms with van der Waals surface area (Å²) in [4.78, 5) is 16.2. The SMILES string of the molecule is O=C(N[C@H](CO)c1cccnc1)c1cc(COc2ccc(F)c(F)c2)on1. The van der Waals surface area contributed by atoms with Crippen molar-refractivity contribution in [2.75, 3.05) is 6.61 Å². The lowest BCUT2D eigenvalue weighted by Gasteiger charge is -2.15. The van der Waals surface area contributed by atoms with Crippen LogP contribution >= 0.6 is 0 Å². The Morgan fingerprint density at radius 2 is 2.11 bits per heavy atom. The average Bonchev–Trinajstić information content (AvgIpc) is 3.17. The molecule has 140 valence electrons. The van der Waals surface area contributed by atoms with Gasteiger partial charge < -0.3 is 19.7 Å². The van der Waals surface area contributed by atoms with Crippen LogP contribution in [0.5, 0.6) is 5.75 Å². The number of rotatable bonds is 7. The summed E-state index contributed by atoms with van der Waals surface area (Å²) in [5.41, 5.74) is 0.625. The number of hydrogen-bond donors (Lipinski definition) is 2. The van der Waals surface area contributed by atoms with Crippen LogP contribution in [0.2, 0.25) is 0 Å². The minimum atomic E-state index is -1.03. The predicted molar refractivity (Wildman–Crippen MR) is 88.7 cm³/mol. The molecular weight excluding hydrogens is 360 g/mol. The van der Waals surface area contributed by atoms with Crippen molar-refractivity contribution in [3.63, 3.8) is 0 Å². The number of halogens is 2. The first-order chi connectivity index (χ1) is 13.1. The molecule has 27 heavy (non-hydrogen) atoms. The van der Waals surface area contributed by atoms with E-state index in [-0.39, 0.29) is 30.4 Å². The first-order valence-electron chi connectivity index (χ1n) is 7.92.